The predicted octanol–water partition coefficient (Wildman–Crippen LogP) is 4.38. The van der Waals surface area contributed by atoms with Crippen LogP contribution in [-0.2, 0) is 0 Å². The third kappa shape index (κ3) is 6.58. The van der Waals surface area contributed by atoms with E-state index in [0.29, 0.717) is 34.6 Å². The number of amides is 1. The third-order valence-corrected chi connectivity index (χ3v) is 5.18. The Morgan fingerprint density at radius 2 is 2.04 bits per heavy atom. The maximum atomic E-state index is 12.7. The number of piperidine rings is 1. The first-order valence-electron chi connectivity index (χ1n) is 9.98. The van der Waals surface area contributed by atoms with Crippen molar-refractivity contribution < 1.29 is 14.3 Å². The molecule has 0 aromatic heterocycles. The van der Waals surface area contributed by atoms with Gasteiger partial charge in [0.15, 0.2) is 11.5 Å². The van der Waals surface area contributed by atoms with Gasteiger partial charge in [-0.15, -0.1) is 0 Å². The number of carbonyl (C=O) groups excluding carboxylic acids is 1. The van der Waals surface area contributed by atoms with Gasteiger partial charge in [0.25, 0.3) is 5.91 Å². The van der Waals surface area contributed by atoms with E-state index in [1.165, 1.54) is 6.42 Å². The van der Waals surface area contributed by atoms with Crippen molar-refractivity contribution in [3.8, 4) is 11.5 Å². The van der Waals surface area contributed by atoms with Gasteiger partial charge in [-0.05, 0) is 50.3 Å². The molecule has 1 amide bonds. The first kappa shape index (κ1) is 21.8. The lowest BCUT2D eigenvalue weighted by molar-refractivity contribution is 0.0910. The van der Waals surface area contributed by atoms with Gasteiger partial charge < -0.3 is 19.7 Å². The average molecular weight is 397 g/mol. The summed E-state index contributed by atoms with van der Waals surface area (Å²) in [6.07, 6.45) is 4.05. The van der Waals surface area contributed by atoms with Crippen LogP contribution < -0.4 is 14.8 Å². The summed E-state index contributed by atoms with van der Waals surface area (Å²) in [7, 11) is 1.56. The highest BCUT2D eigenvalue weighted by Crippen LogP contribution is 2.36. The molecule has 1 aromatic rings. The van der Waals surface area contributed by atoms with E-state index in [2.05, 4.69) is 31.0 Å². The van der Waals surface area contributed by atoms with E-state index in [0.717, 1.165) is 38.9 Å². The van der Waals surface area contributed by atoms with E-state index in [1.54, 1.807) is 19.2 Å². The van der Waals surface area contributed by atoms with Crippen molar-refractivity contribution in [1.82, 2.24) is 10.2 Å². The summed E-state index contributed by atoms with van der Waals surface area (Å²) < 4.78 is 11.2. The minimum Gasteiger partial charge on any atom is -0.493 e. The van der Waals surface area contributed by atoms with Crippen LogP contribution in [0.2, 0.25) is 5.02 Å². The molecular formula is C21H33ClN2O3. The van der Waals surface area contributed by atoms with E-state index in [-0.39, 0.29) is 11.9 Å². The van der Waals surface area contributed by atoms with E-state index in [1.807, 2.05) is 0 Å². The molecule has 1 aliphatic heterocycles. The van der Waals surface area contributed by atoms with E-state index < -0.39 is 0 Å². The molecule has 5 nitrogen and oxygen atoms in total. The fraction of sp³-hybridized carbons (Fsp3) is 0.667. The maximum absolute atomic E-state index is 12.7. The van der Waals surface area contributed by atoms with Crippen molar-refractivity contribution in [2.24, 2.45) is 5.92 Å². The molecule has 1 aliphatic rings. The summed E-state index contributed by atoms with van der Waals surface area (Å²) in [5.74, 6) is 1.43. The third-order valence-electron chi connectivity index (χ3n) is 4.90. The van der Waals surface area contributed by atoms with Crippen LogP contribution in [-0.4, -0.2) is 50.2 Å². The molecule has 0 saturated carbocycles. The molecule has 1 fully saturated rings. The van der Waals surface area contributed by atoms with Gasteiger partial charge in [0.2, 0.25) is 0 Å². The Morgan fingerprint density at radius 3 is 2.63 bits per heavy atom. The van der Waals surface area contributed by atoms with Crippen LogP contribution in [0.5, 0.6) is 11.5 Å². The SMILES string of the molecule is CCCN1CCC(NC(=O)c2cc(Cl)c(OCCC(C)C)c(OC)c2)CC1. The van der Waals surface area contributed by atoms with Gasteiger partial charge in [-0.1, -0.05) is 32.4 Å². The summed E-state index contributed by atoms with van der Waals surface area (Å²) in [5.41, 5.74) is 0.504. The Balaban J connectivity index is 1.99. The van der Waals surface area contributed by atoms with Crippen LogP contribution in [0, 0.1) is 5.92 Å². The van der Waals surface area contributed by atoms with Gasteiger partial charge in [0, 0.05) is 24.7 Å². The predicted molar refractivity (Wildman–Crippen MR) is 110 cm³/mol. The smallest absolute Gasteiger partial charge is 0.251 e. The molecule has 0 unspecified atom stereocenters. The molecule has 0 bridgehead atoms. The summed E-state index contributed by atoms with van der Waals surface area (Å²) >= 11 is 6.38. The Labute approximate surface area is 168 Å². The highest BCUT2D eigenvalue weighted by Gasteiger charge is 2.22. The number of halogens is 1. The Kier molecular flexibility index (Phi) is 8.71. The molecule has 1 heterocycles. The lowest BCUT2D eigenvalue weighted by atomic mass is 10.0. The summed E-state index contributed by atoms with van der Waals surface area (Å²) in [6, 6.07) is 3.58. The van der Waals surface area contributed by atoms with Gasteiger partial charge in [0.05, 0.1) is 18.7 Å². The van der Waals surface area contributed by atoms with Crippen molar-refractivity contribution in [2.75, 3.05) is 33.4 Å². The fourth-order valence-corrected chi connectivity index (χ4v) is 3.54. The molecule has 0 aliphatic carbocycles. The van der Waals surface area contributed by atoms with E-state index in [4.69, 9.17) is 21.1 Å². The number of likely N-dealkylation sites (tertiary alicyclic amines) is 1. The Bertz CT molecular complexity index is 614. The number of hydrogen-bond acceptors (Lipinski definition) is 4. The van der Waals surface area contributed by atoms with Crippen LogP contribution >= 0.6 is 11.6 Å². The van der Waals surface area contributed by atoms with Gasteiger partial charge in [-0.2, -0.15) is 0 Å². The zero-order valence-electron chi connectivity index (χ0n) is 17.0. The normalized spacial score (nSPS) is 15.8. The number of rotatable bonds is 9. The molecule has 1 aromatic carbocycles. The van der Waals surface area contributed by atoms with Crippen molar-refractivity contribution in [2.45, 2.75) is 52.5 Å². The van der Waals surface area contributed by atoms with E-state index in [9.17, 15) is 4.79 Å². The number of carbonyl (C=O) groups is 1. The highest BCUT2D eigenvalue weighted by molar-refractivity contribution is 6.32. The number of nitrogens with one attached hydrogen (secondary N) is 1. The molecule has 0 spiro atoms. The quantitative estimate of drug-likeness (QED) is 0.673. The lowest BCUT2D eigenvalue weighted by Gasteiger charge is -2.32. The van der Waals surface area contributed by atoms with Gasteiger partial charge in [-0.25, -0.2) is 0 Å². The summed E-state index contributed by atoms with van der Waals surface area (Å²) in [5, 5.41) is 3.54. The summed E-state index contributed by atoms with van der Waals surface area (Å²) in [6.45, 7) is 10.2. The minimum atomic E-state index is -0.113. The monoisotopic (exact) mass is 396 g/mol. The maximum Gasteiger partial charge on any atom is 0.251 e. The van der Waals surface area contributed by atoms with Crippen LogP contribution in [0.4, 0.5) is 0 Å². The van der Waals surface area contributed by atoms with Crippen LogP contribution in [0.25, 0.3) is 0 Å². The molecule has 152 valence electrons. The first-order valence-corrected chi connectivity index (χ1v) is 10.4. The first-order chi connectivity index (χ1) is 12.9. The van der Waals surface area contributed by atoms with Gasteiger partial charge >= 0.3 is 0 Å². The van der Waals surface area contributed by atoms with Crippen molar-refractivity contribution in [3.63, 3.8) is 0 Å². The standard InChI is InChI=1S/C21H33ClN2O3/c1-5-9-24-10-6-17(7-11-24)23-21(25)16-13-18(22)20(19(14-16)26-4)27-12-8-15(2)3/h13-15,17H,5-12H2,1-4H3,(H,23,25). The average Bonchev–Trinajstić information content (AvgIpc) is 2.64. The van der Waals surface area contributed by atoms with Crippen molar-refractivity contribution in [1.29, 1.82) is 0 Å². The lowest BCUT2D eigenvalue weighted by Crippen LogP contribution is -2.44. The van der Waals surface area contributed by atoms with Gasteiger partial charge in [0.1, 0.15) is 0 Å². The van der Waals surface area contributed by atoms with Crippen LogP contribution in [0.3, 0.4) is 0 Å². The van der Waals surface area contributed by atoms with Crippen molar-refractivity contribution in [3.05, 3.63) is 22.7 Å². The van der Waals surface area contributed by atoms with Crippen LogP contribution in [0.1, 0.15) is 56.8 Å². The van der Waals surface area contributed by atoms with E-state index >= 15 is 0 Å². The molecule has 2 rings (SSSR count). The van der Waals surface area contributed by atoms with Crippen molar-refractivity contribution >= 4 is 17.5 Å². The topological polar surface area (TPSA) is 50.8 Å². The molecule has 0 atom stereocenters. The zero-order valence-corrected chi connectivity index (χ0v) is 17.8. The molecule has 1 N–H and O–H groups in total. The fourth-order valence-electron chi connectivity index (χ4n) is 3.27. The van der Waals surface area contributed by atoms with Crippen LogP contribution in [0.15, 0.2) is 12.1 Å². The second-order valence-electron chi connectivity index (χ2n) is 7.61. The highest BCUT2D eigenvalue weighted by atomic mass is 35.5. The number of ether oxygens (including phenoxy) is 2. The number of hydrogen-bond donors (Lipinski definition) is 1. The molecule has 27 heavy (non-hydrogen) atoms. The molecule has 1 saturated heterocycles. The summed E-state index contributed by atoms with van der Waals surface area (Å²) in [4.78, 5) is 15.1. The second-order valence-corrected chi connectivity index (χ2v) is 8.02. The molecule has 6 heteroatoms. The number of benzene rings is 1. The Morgan fingerprint density at radius 1 is 1.33 bits per heavy atom. The second kappa shape index (κ2) is 10.8. The van der Waals surface area contributed by atoms with Gasteiger partial charge in [-0.3, -0.25) is 4.79 Å². The Hall–Kier alpha value is -1.46. The number of methoxy groups -OCH3 is 1. The number of nitrogens with zero attached hydrogens (tertiary/aromatic N) is 1. The minimum absolute atomic E-state index is 0.113. The largest absolute Gasteiger partial charge is 0.493 e. The molecule has 0 radical (unpaired) electrons. The molecular weight excluding hydrogens is 364 g/mol. The zero-order chi connectivity index (χ0) is 19.8.